The fourth-order valence-corrected chi connectivity index (χ4v) is 12.9. The number of piperazine rings is 1. The summed E-state index contributed by atoms with van der Waals surface area (Å²) in [5.74, 6) is 1.92. The zero-order valence-electron chi connectivity index (χ0n) is 39.7. The van der Waals surface area contributed by atoms with Crippen LogP contribution < -0.4 is 14.5 Å². The monoisotopic (exact) mass is 960 g/mol. The van der Waals surface area contributed by atoms with Gasteiger partial charge in [0.2, 0.25) is 5.91 Å². The summed E-state index contributed by atoms with van der Waals surface area (Å²) < 4.78 is 26.5. The highest BCUT2D eigenvalue weighted by Crippen LogP contribution is 2.62. The van der Waals surface area contributed by atoms with Crippen molar-refractivity contribution in [3.05, 3.63) is 92.8 Å². The van der Waals surface area contributed by atoms with Gasteiger partial charge in [0.1, 0.15) is 41.5 Å². The summed E-state index contributed by atoms with van der Waals surface area (Å²) in [6.45, 7) is 8.17. The Labute approximate surface area is 407 Å². The molecule has 70 heavy (non-hydrogen) atoms. The van der Waals surface area contributed by atoms with Crippen molar-refractivity contribution in [3.8, 4) is 11.5 Å². The number of aliphatic hydroxyl groups is 4. The summed E-state index contributed by atoms with van der Waals surface area (Å²) >= 11 is 0. The van der Waals surface area contributed by atoms with E-state index < -0.39 is 42.8 Å². The quantitative estimate of drug-likeness (QED) is 0.142. The molecular formula is C52H64N8O10. The van der Waals surface area contributed by atoms with Crippen LogP contribution >= 0.6 is 0 Å². The highest BCUT2D eigenvalue weighted by molar-refractivity contribution is 6.03. The van der Waals surface area contributed by atoms with E-state index in [1.807, 2.05) is 17.0 Å². The predicted molar refractivity (Wildman–Crippen MR) is 255 cm³/mol. The SMILES string of the molecule is O=C(CCOCCOCCN1C(=O)c2ccccc2C12c1cc3c4c(c1Oc1c2cc2c5c1CCCN5CCC2)CCCN4CCC3)N1CCN(Cc2cn([C@H]3OC(CO)[C@H](O)[C@@H](O)C3O)nn2)CC1. The zero-order valence-corrected chi connectivity index (χ0v) is 39.7. The number of aryl methyl sites for hydroxylation is 2. The number of fused-ring (bicyclic) bond motifs is 8. The number of ether oxygens (including phenoxy) is 4. The molecule has 8 aliphatic rings. The van der Waals surface area contributed by atoms with Crippen LogP contribution in [0.2, 0.25) is 0 Å². The Bertz CT molecular complexity index is 2570. The number of carbonyl (C=O) groups is 2. The Morgan fingerprint density at radius 1 is 0.743 bits per heavy atom. The van der Waals surface area contributed by atoms with Gasteiger partial charge in [0.25, 0.3) is 5.91 Å². The zero-order chi connectivity index (χ0) is 47.7. The lowest BCUT2D eigenvalue weighted by atomic mass is 9.70. The van der Waals surface area contributed by atoms with Crippen LogP contribution in [0.1, 0.15) is 93.3 Å². The highest BCUT2D eigenvalue weighted by atomic mass is 16.6. The molecule has 2 fully saturated rings. The second-order valence-electron chi connectivity index (χ2n) is 20.2. The summed E-state index contributed by atoms with van der Waals surface area (Å²) in [5, 5.41) is 48.6. The van der Waals surface area contributed by atoms with Gasteiger partial charge < -0.3 is 59.0 Å². The van der Waals surface area contributed by atoms with Crippen LogP contribution in [0.25, 0.3) is 0 Å². The molecule has 0 radical (unpaired) electrons. The Morgan fingerprint density at radius 2 is 1.37 bits per heavy atom. The molecule has 8 aliphatic heterocycles. The number of hydrogen-bond donors (Lipinski definition) is 4. The largest absolute Gasteiger partial charge is 0.456 e. The van der Waals surface area contributed by atoms with Crippen LogP contribution in [0.4, 0.5) is 11.4 Å². The Balaban J connectivity index is 0.690. The minimum absolute atomic E-state index is 0.00851. The molecule has 0 bridgehead atoms. The van der Waals surface area contributed by atoms with Crippen LogP contribution in [-0.4, -0.2) is 178 Å². The van der Waals surface area contributed by atoms with Gasteiger partial charge >= 0.3 is 0 Å². The molecule has 9 heterocycles. The average molecular weight is 961 g/mol. The smallest absolute Gasteiger partial charge is 0.255 e. The fourth-order valence-electron chi connectivity index (χ4n) is 12.9. The maximum atomic E-state index is 15.0. The van der Waals surface area contributed by atoms with E-state index in [1.54, 1.807) is 6.20 Å². The molecule has 2 amide bonds. The standard InChI is InChI=1S/C52H64N8O10/c61-31-41-45(63)46(64)47(65)51(69-41)60-30-34(53-54-60)29-55-18-20-56(21-19-55)42(62)13-23-67-25-26-68-24-22-59-50(66)35-9-1-2-12-38(35)52(59)39-27-32-7-3-14-57-16-5-10-36(43(32)57)48(39)70-49-37-11-6-17-58-15-4-8-33(44(37)58)28-40(49)52/h1-2,9,12,27-28,30,41,45-47,51,61,63-65H,3-8,10-11,13-26,29,31H2/t41?,45-,46+,47?,51-/m0/s1. The van der Waals surface area contributed by atoms with Gasteiger partial charge in [0, 0.05) is 105 Å². The van der Waals surface area contributed by atoms with Crippen LogP contribution in [0, 0.1) is 0 Å². The molecule has 4 aromatic rings. The van der Waals surface area contributed by atoms with E-state index in [-0.39, 0.29) is 24.8 Å². The summed E-state index contributed by atoms with van der Waals surface area (Å²) in [4.78, 5) is 39.5. The van der Waals surface area contributed by atoms with Gasteiger partial charge in [0.15, 0.2) is 6.23 Å². The van der Waals surface area contributed by atoms with Crippen LogP contribution in [0.15, 0.2) is 42.6 Å². The number of aliphatic hydroxyl groups excluding tert-OH is 4. The molecule has 372 valence electrons. The van der Waals surface area contributed by atoms with Crippen molar-refractivity contribution in [1.29, 1.82) is 0 Å². The Morgan fingerprint density at radius 3 is 2.03 bits per heavy atom. The summed E-state index contributed by atoms with van der Waals surface area (Å²) in [6.07, 6.45) is 3.57. The van der Waals surface area contributed by atoms with Gasteiger partial charge in [-0.2, -0.15) is 0 Å². The molecule has 0 saturated carbocycles. The maximum absolute atomic E-state index is 15.0. The van der Waals surface area contributed by atoms with E-state index in [4.69, 9.17) is 18.9 Å². The number of aromatic nitrogens is 3. The van der Waals surface area contributed by atoms with Crippen LogP contribution in [-0.2, 0) is 56.8 Å². The first-order valence-corrected chi connectivity index (χ1v) is 25.6. The van der Waals surface area contributed by atoms with Crippen molar-refractivity contribution < 1.29 is 49.0 Å². The maximum Gasteiger partial charge on any atom is 0.255 e. The third-order valence-electron chi connectivity index (χ3n) is 16.2. The van der Waals surface area contributed by atoms with E-state index in [0.717, 1.165) is 111 Å². The van der Waals surface area contributed by atoms with Crippen molar-refractivity contribution in [2.75, 3.05) is 102 Å². The molecular weight excluding hydrogens is 897 g/mol. The van der Waals surface area contributed by atoms with Gasteiger partial charge in [-0.15, -0.1) is 5.10 Å². The lowest BCUT2D eigenvalue weighted by Crippen LogP contribution is -2.56. The normalized spacial score (nSPS) is 25.3. The van der Waals surface area contributed by atoms with Crippen LogP contribution in [0.5, 0.6) is 11.5 Å². The van der Waals surface area contributed by atoms with Crippen molar-refractivity contribution in [2.24, 2.45) is 0 Å². The third-order valence-corrected chi connectivity index (χ3v) is 16.2. The average Bonchev–Trinajstić information content (AvgIpc) is 3.95. The molecule has 2 unspecified atom stereocenters. The molecule has 4 N–H and O–H groups in total. The van der Waals surface area contributed by atoms with Gasteiger partial charge in [-0.05, 0) is 86.3 Å². The minimum atomic E-state index is -1.51. The first-order chi connectivity index (χ1) is 34.2. The molecule has 0 aliphatic carbocycles. The number of amides is 2. The van der Waals surface area contributed by atoms with Gasteiger partial charge in [-0.25, -0.2) is 4.68 Å². The number of rotatable bonds is 13. The van der Waals surface area contributed by atoms with Crippen LogP contribution in [0.3, 0.4) is 0 Å². The first kappa shape index (κ1) is 45.9. The summed E-state index contributed by atoms with van der Waals surface area (Å²) in [7, 11) is 0. The fraction of sp³-hybridized carbons (Fsp3) is 0.577. The van der Waals surface area contributed by atoms with E-state index >= 15 is 4.79 Å². The highest BCUT2D eigenvalue weighted by Gasteiger charge is 2.58. The number of carbonyl (C=O) groups excluding carboxylic acids is 2. The summed E-state index contributed by atoms with van der Waals surface area (Å²) in [5.41, 5.74) is 11.7. The molecule has 18 heteroatoms. The number of nitrogens with zero attached hydrogens (tertiary/aromatic N) is 8. The van der Waals surface area contributed by atoms with Crippen molar-refractivity contribution in [2.45, 2.75) is 101 Å². The molecule has 1 spiro atoms. The van der Waals surface area contributed by atoms with Crippen molar-refractivity contribution in [3.63, 3.8) is 0 Å². The van der Waals surface area contributed by atoms with E-state index in [0.29, 0.717) is 64.8 Å². The lowest BCUT2D eigenvalue weighted by molar-refractivity contribution is -0.254. The van der Waals surface area contributed by atoms with Gasteiger partial charge in [-0.3, -0.25) is 14.5 Å². The Hall–Kier alpha value is -5.18. The molecule has 3 aromatic carbocycles. The summed E-state index contributed by atoms with van der Waals surface area (Å²) in [6, 6.07) is 13.0. The lowest BCUT2D eigenvalue weighted by Gasteiger charge is -2.49. The third kappa shape index (κ3) is 7.59. The molecule has 18 nitrogen and oxygen atoms in total. The number of benzene rings is 3. The Kier molecular flexibility index (Phi) is 12.3. The second-order valence-corrected chi connectivity index (χ2v) is 20.2. The topological polar surface area (TPSA) is 199 Å². The van der Waals surface area contributed by atoms with Crippen molar-refractivity contribution in [1.82, 2.24) is 29.7 Å². The number of anilines is 2. The second kappa shape index (κ2) is 18.8. The molecule has 2 saturated heterocycles. The number of hydrogen-bond acceptors (Lipinski definition) is 15. The molecule has 1 aromatic heterocycles. The minimum Gasteiger partial charge on any atom is -0.456 e. The molecule has 12 rings (SSSR count). The van der Waals surface area contributed by atoms with Gasteiger partial charge in [0.05, 0.1) is 51.3 Å². The van der Waals surface area contributed by atoms with E-state index in [2.05, 4.69) is 54.2 Å². The molecule has 5 atom stereocenters. The first-order valence-electron chi connectivity index (χ1n) is 25.6. The van der Waals surface area contributed by atoms with Crippen molar-refractivity contribution >= 4 is 23.2 Å². The van der Waals surface area contributed by atoms with E-state index in [9.17, 15) is 25.2 Å². The van der Waals surface area contributed by atoms with Gasteiger partial charge in [-0.1, -0.05) is 23.4 Å². The van der Waals surface area contributed by atoms with E-state index in [1.165, 1.54) is 38.3 Å². The predicted octanol–water partition coefficient (Wildman–Crippen LogP) is 2.27.